The van der Waals surface area contributed by atoms with E-state index in [9.17, 15) is 14.4 Å². The van der Waals surface area contributed by atoms with Crippen molar-refractivity contribution in [2.45, 2.75) is 6.92 Å². The first-order valence-corrected chi connectivity index (χ1v) is 11.9. The molecule has 0 radical (unpaired) electrons. The van der Waals surface area contributed by atoms with Crippen LogP contribution in [0.25, 0.3) is 5.82 Å². The SMILES string of the molecule is COCCOC(=O)N(C)NC(=O)c1cc(Cl)cc(C)c1NC(=O)c1cc(Br)nn1-c1ncccc1Cl. The number of hydrogen-bond acceptors (Lipinski definition) is 7. The van der Waals surface area contributed by atoms with Crippen molar-refractivity contribution in [2.24, 2.45) is 0 Å². The predicted molar refractivity (Wildman–Crippen MR) is 137 cm³/mol. The summed E-state index contributed by atoms with van der Waals surface area (Å²) in [5, 5.41) is 8.39. The zero-order chi connectivity index (χ0) is 26.4. The molecule has 3 rings (SSSR count). The van der Waals surface area contributed by atoms with E-state index in [2.05, 4.69) is 36.8 Å². The molecule has 0 atom stereocenters. The van der Waals surface area contributed by atoms with E-state index in [-0.39, 0.29) is 46.0 Å². The molecule has 11 nitrogen and oxygen atoms in total. The summed E-state index contributed by atoms with van der Waals surface area (Å²) in [6, 6.07) is 7.70. The smallest absolute Gasteiger partial charge is 0.428 e. The Balaban J connectivity index is 1.89. The van der Waals surface area contributed by atoms with Gasteiger partial charge in [-0.2, -0.15) is 5.10 Å². The highest BCUT2D eigenvalue weighted by Gasteiger charge is 2.24. The van der Waals surface area contributed by atoms with Gasteiger partial charge >= 0.3 is 6.09 Å². The second-order valence-corrected chi connectivity index (χ2v) is 8.94. The fourth-order valence-corrected chi connectivity index (χ4v) is 3.89. The molecule has 36 heavy (non-hydrogen) atoms. The molecule has 2 N–H and O–H groups in total. The number of nitrogens with zero attached hydrogens (tertiary/aromatic N) is 4. The zero-order valence-corrected chi connectivity index (χ0v) is 22.4. The molecule has 14 heteroatoms. The minimum Gasteiger partial charge on any atom is -0.446 e. The average Bonchev–Trinajstić information content (AvgIpc) is 3.22. The topological polar surface area (TPSA) is 128 Å². The highest BCUT2D eigenvalue weighted by molar-refractivity contribution is 9.10. The lowest BCUT2D eigenvalue weighted by Gasteiger charge is -2.20. The van der Waals surface area contributed by atoms with Crippen LogP contribution in [0.15, 0.2) is 41.1 Å². The first-order chi connectivity index (χ1) is 17.1. The van der Waals surface area contributed by atoms with Crippen molar-refractivity contribution in [3.8, 4) is 5.82 Å². The molecule has 2 aromatic heterocycles. The van der Waals surface area contributed by atoms with Crippen molar-refractivity contribution >= 4 is 62.7 Å². The number of anilines is 1. The normalized spacial score (nSPS) is 10.6. The summed E-state index contributed by atoms with van der Waals surface area (Å²) < 4.78 is 11.4. The van der Waals surface area contributed by atoms with Gasteiger partial charge in [-0.3, -0.25) is 15.0 Å². The fraction of sp³-hybridized carbons (Fsp3) is 0.227. The lowest BCUT2D eigenvalue weighted by atomic mass is 10.1. The molecule has 190 valence electrons. The van der Waals surface area contributed by atoms with Gasteiger partial charge in [0.2, 0.25) is 0 Å². The highest BCUT2D eigenvalue weighted by atomic mass is 79.9. The average molecular weight is 600 g/mol. The molecule has 0 spiro atoms. The number of ether oxygens (including phenoxy) is 2. The van der Waals surface area contributed by atoms with Crippen LogP contribution in [0.3, 0.4) is 0 Å². The Morgan fingerprint density at radius 1 is 1.17 bits per heavy atom. The molecular formula is C22H21BrCl2N6O5. The lowest BCUT2D eigenvalue weighted by molar-refractivity contribution is 0.0584. The Morgan fingerprint density at radius 3 is 2.61 bits per heavy atom. The molecule has 0 aliphatic heterocycles. The molecule has 0 saturated heterocycles. The summed E-state index contributed by atoms with van der Waals surface area (Å²) in [5.74, 6) is -1.05. The summed E-state index contributed by atoms with van der Waals surface area (Å²) in [7, 11) is 2.78. The molecular weight excluding hydrogens is 579 g/mol. The van der Waals surface area contributed by atoms with Gasteiger partial charge in [0.25, 0.3) is 11.8 Å². The number of pyridine rings is 1. The number of rotatable bonds is 7. The number of aromatic nitrogens is 3. The van der Waals surface area contributed by atoms with E-state index >= 15 is 0 Å². The monoisotopic (exact) mass is 598 g/mol. The van der Waals surface area contributed by atoms with Gasteiger partial charge in [0.05, 0.1) is 22.9 Å². The number of hydrazine groups is 1. The minimum absolute atomic E-state index is 0.0106. The van der Waals surface area contributed by atoms with Gasteiger partial charge in [0.15, 0.2) is 5.82 Å². The van der Waals surface area contributed by atoms with Crippen LogP contribution < -0.4 is 10.7 Å². The Hall–Kier alpha value is -3.19. The second-order valence-electron chi connectivity index (χ2n) is 7.28. The van der Waals surface area contributed by atoms with Crippen LogP contribution in [0.1, 0.15) is 26.4 Å². The Bertz CT molecular complexity index is 1300. The zero-order valence-electron chi connectivity index (χ0n) is 19.3. The standard InChI is InChI=1S/C22H21BrCl2N6O5/c1-12-9-13(24)10-14(20(32)29-30(2)22(34)36-8-7-35-3)18(12)27-21(33)16-11-17(23)28-31(16)19-15(25)5-4-6-26-19/h4-6,9-11H,7-8H2,1-3H3,(H,27,33)(H,29,32). The number of carbonyl (C=O) groups is 3. The number of methoxy groups -OCH3 is 1. The quantitative estimate of drug-likeness (QED) is 0.307. The fourth-order valence-electron chi connectivity index (χ4n) is 3.04. The summed E-state index contributed by atoms with van der Waals surface area (Å²) in [4.78, 5) is 42.6. The lowest BCUT2D eigenvalue weighted by Crippen LogP contribution is -2.44. The van der Waals surface area contributed by atoms with Crippen molar-refractivity contribution in [1.82, 2.24) is 25.2 Å². The van der Waals surface area contributed by atoms with Crippen molar-refractivity contribution in [1.29, 1.82) is 0 Å². The molecule has 0 fully saturated rings. The van der Waals surface area contributed by atoms with E-state index in [1.54, 1.807) is 25.1 Å². The molecule has 0 saturated carbocycles. The Morgan fingerprint density at radius 2 is 1.92 bits per heavy atom. The number of nitrogens with one attached hydrogen (secondary N) is 2. The molecule has 0 bridgehead atoms. The molecule has 0 unspecified atom stereocenters. The van der Waals surface area contributed by atoms with Crippen molar-refractivity contribution in [3.63, 3.8) is 0 Å². The Kier molecular flexibility index (Phi) is 9.26. The van der Waals surface area contributed by atoms with E-state index in [4.69, 9.17) is 32.7 Å². The van der Waals surface area contributed by atoms with E-state index in [1.165, 1.54) is 37.2 Å². The molecule has 0 aliphatic rings. The van der Waals surface area contributed by atoms with E-state index in [0.29, 0.717) is 10.2 Å². The number of aryl methyl sites for hydroxylation is 1. The summed E-state index contributed by atoms with van der Waals surface area (Å²) >= 11 is 15.7. The first kappa shape index (κ1) is 27.4. The third kappa shape index (κ3) is 6.52. The summed E-state index contributed by atoms with van der Waals surface area (Å²) in [5.41, 5.74) is 3.20. The maximum Gasteiger partial charge on any atom is 0.428 e. The number of benzene rings is 1. The van der Waals surface area contributed by atoms with Gasteiger partial charge in [-0.15, -0.1) is 0 Å². The van der Waals surface area contributed by atoms with Crippen LogP contribution in [0.2, 0.25) is 10.0 Å². The van der Waals surface area contributed by atoms with Crippen LogP contribution in [0, 0.1) is 6.92 Å². The number of halogens is 3. The van der Waals surface area contributed by atoms with Gasteiger partial charge in [-0.05, 0) is 52.7 Å². The minimum atomic E-state index is -0.800. The Labute approximate surface area is 224 Å². The van der Waals surface area contributed by atoms with E-state index in [1.807, 2.05) is 0 Å². The number of amides is 3. The predicted octanol–water partition coefficient (Wildman–Crippen LogP) is 4.26. The maximum absolute atomic E-state index is 13.3. The van der Waals surface area contributed by atoms with Gasteiger partial charge in [0.1, 0.15) is 16.9 Å². The first-order valence-electron chi connectivity index (χ1n) is 10.3. The molecule has 3 amide bonds. The van der Waals surface area contributed by atoms with Crippen LogP contribution in [0.4, 0.5) is 10.5 Å². The van der Waals surface area contributed by atoms with Gasteiger partial charge < -0.3 is 14.8 Å². The van der Waals surface area contributed by atoms with Gasteiger partial charge in [-0.25, -0.2) is 19.5 Å². The van der Waals surface area contributed by atoms with Crippen LogP contribution in [-0.4, -0.2) is 65.1 Å². The largest absolute Gasteiger partial charge is 0.446 e. The second kappa shape index (κ2) is 12.2. The third-order valence-corrected chi connectivity index (χ3v) is 5.59. The molecule has 0 aliphatic carbocycles. The van der Waals surface area contributed by atoms with Crippen LogP contribution in [0.5, 0.6) is 0 Å². The van der Waals surface area contributed by atoms with Crippen molar-refractivity contribution < 1.29 is 23.9 Å². The number of carbonyl (C=O) groups excluding carboxylic acids is 3. The van der Waals surface area contributed by atoms with E-state index < -0.39 is 17.9 Å². The molecule has 2 heterocycles. The van der Waals surface area contributed by atoms with Crippen LogP contribution in [-0.2, 0) is 9.47 Å². The van der Waals surface area contributed by atoms with Gasteiger partial charge in [-0.1, -0.05) is 23.2 Å². The van der Waals surface area contributed by atoms with Crippen molar-refractivity contribution in [3.05, 3.63) is 68.0 Å². The summed E-state index contributed by atoms with van der Waals surface area (Å²) in [6.45, 7) is 1.88. The third-order valence-electron chi connectivity index (χ3n) is 4.69. The molecule has 3 aromatic rings. The van der Waals surface area contributed by atoms with Crippen LogP contribution >= 0.6 is 39.1 Å². The maximum atomic E-state index is 13.3. The van der Waals surface area contributed by atoms with E-state index in [0.717, 1.165) is 5.01 Å². The summed E-state index contributed by atoms with van der Waals surface area (Å²) in [6.07, 6.45) is 0.715. The molecule has 1 aromatic carbocycles. The highest BCUT2D eigenvalue weighted by Crippen LogP contribution is 2.28. The van der Waals surface area contributed by atoms with Crippen molar-refractivity contribution in [2.75, 3.05) is 32.7 Å². The number of hydrogen-bond donors (Lipinski definition) is 2. The van der Waals surface area contributed by atoms with Gasteiger partial charge in [0, 0.05) is 31.4 Å².